The van der Waals surface area contributed by atoms with Gasteiger partial charge in [-0.15, -0.1) is 0 Å². The Bertz CT molecular complexity index is 119. The fraction of sp³-hybridized carbons (Fsp3) is 0.857. The van der Waals surface area contributed by atoms with Crippen molar-refractivity contribution in [3.8, 4) is 0 Å². The van der Waals surface area contributed by atoms with Gasteiger partial charge in [0.2, 0.25) is 0 Å². The minimum atomic E-state index is -0.293. The molecular weight excluding hydrogens is 130 g/mol. The lowest BCUT2D eigenvalue weighted by Gasteiger charge is -2.30. The molecule has 0 aromatic carbocycles. The number of hydrogen-bond donors (Lipinski definition) is 1. The van der Waals surface area contributed by atoms with E-state index in [1.165, 1.54) is 0 Å². The maximum Gasteiger partial charge on any atom is 0.0874 e. The van der Waals surface area contributed by atoms with E-state index in [2.05, 4.69) is 11.7 Å². The number of aliphatic hydroxyl groups is 1. The summed E-state index contributed by atoms with van der Waals surface area (Å²) < 4.78 is 5.13. The largest absolute Gasteiger partial charge is 0.394 e. The highest BCUT2D eigenvalue weighted by Gasteiger charge is 2.29. The van der Waals surface area contributed by atoms with Gasteiger partial charge in [0.1, 0.15) is 0 Å². The summed E-state index contributed by atoms with van der Waals surface area (Å²) in [5, 5.41) is 8.95. The summed E-state index contributed by atoms with van der Waals surface area (Å²) in [6.45, 7) is 4.95. The van der Waals surface area contributed by atoms with Crippen LogP contribution in [0, 0.1) is 0 Å². The number of aliphatic imine (C=N–C) groups is 1. The molecule has 10 heavy (non-hydrogen) atoms. The second-order valence-corrected chi connectivity index (χ2v) is 2.65. The highest BCUT2D eigenvalue weighted by molar-refractivity contribution is 5.26. The summed E-state index contributed by atoms with van der Waals surface area (Å²) >= 11 is 0. The molecule has 1 heterocycles. The molecule has 0 aliphatic carbocycles. The Morgan fingerprint density at radius 3 is 2.40 bits per heavy atom. The topological polar surface area (TPSA) is 41.8 Å². The van der Waals surface area contributed by atoms with E-state index in [9.17, 15) is 0 Å². The smallest absolute Gasteiger partial charge is 0.0874 e. The second-order valence-electron chi connectivity index (χ2n) is 2.65. The van der Waals surface area contributed by atoms with Gasteiger partial charge in [0.05, 0.1) is 12.1 Å². The van der Waals surface area contributed by atoms with Gasteiger partial charge in [-0.1, -0.05) is 0 Å². The van der Waals surface area contributed by atoms with Crippen LogP contribution in [-0.4, -0.2) is 37.2 Å². The maximum atomic E-state index is 8.95. The van der Waals surface area contributed by atoms with Gasteiger partial charge in [-0.3, -0.25) is 4.99 Å². The molecule has 0 aromatic heterocycles. The minimum Gasteiger partial charge on any atom is -0.394 e. The molecular formula is C7H13NO2. The highest BCUT2D eigenvalue weighted by Crippen LogP contribution is 2.23. The Labute approximate surface area is 60.7 Å². The minimum absolute atomic E-state index is 0.0971. The third-order valence-corrected chi connectivity index (χ3v) is 2.05. The lowest BCUT2D eigenvalue weighted by Crippen LogP contribution is -2.37. The summed E-state index contributed by atoms with van der Waals surface area (Å²) in [5.41, 5.74) is -0.293. The van der Waals surface area contributed by atoms with Gasteiger partial charge in [-0.2, -0.15) is 0 Å². The lowest BCUT2D eigenvalue weighted by atomic mass is 9.92. The first-order chi connectivity index (χ1) is 4.83. The van der Waals surface area contributed by atoms with Crippen molar-refractivity contribution in [1.82, 2.24) is 0 Å². The van der Waals surface area contributed by atoms with Crippen LogP contribution in [-0.2, 0) is 4.74 Å². The van der Waals surface area contributed by atoms with Crippen LogP contribution in [0.4, 0.5) is 0 Å². The predicted octanol–water partition coefficient (Wildman–Crippen LogP) is 0.229. The normalized spacial score (nSPS) is 24.1. The zero-order valence-corrected chi connectivity index (χ0v) is 6.05. The number of ether oxygens (including phenoxy) is 1. The summed E-state index contributed by atoms with van der Waals surface area (Å²) in [4.78, 5) is 3.92. The molecule has 0 bridgehead atoms. The predicted molar refractivity (Wildman–Crippen MR) is 39.4 cm³/mol. The van der Waals surface area contributed by atoms with E-state index in [1.807, 2.05) is 0 Å². The van der Waals surface area contributed by atoms with E-state index in [4.69, 9.17) is 9.84 Å². The zero-order chi connectivity index (χ0) is 7.45. The lowest BCUT2D eigenvalue weighted by molar-refractivity contribution is 0.0310. The van der Waals surface area contributed by atoms with Crippen molar-refractivity contribution in [3.63, 3.8) is 0 Å². The molecule has 3 heteroatoms. The Kier molecular flexibility index (Phi) is 2.40. The second kappa shape index (κ2) is 3.12. The molecule has 1 aliphatic heterocycles. The van der Waals surface area contributed by atoms with E-state index in [1.54, 1.807) is 0 Å². The van der Waals surface area contributed by atoms with E-state index in [0.717, 1.165) is 12.8 Å². The monoisotopic (exact) mass is 143 g/mol. The van der Waals surface area contributed by atoms with Crippen LogP contribution in [0.2, 0.25) is 0 Å². The molecule has 1 rings (SSSR count). The van der Waals surface area contributed by atoms with Crippen molar-refractivity contribution in [2.24, 2.45) is 4.99 Å². The summed E-state index contributed by atoms with van der Waals surface area (Å²) in [7, 11) is 0. The SMILES string of the molecule is C=NC1(CO)CCOCC1. The number of rotatable bonds is 2. The fourth-order valence-electron chi connectivity index (χ4n) is 1.12. The first-order valence-electron chi connectivity index (χ1n) is 3.49. The molecule has 0 spiro atoms. The Hall–Kier alpha value is -0.410. The summed E-state index contributed by atoms with van der Waals surface area (Å²) in [6.07, 6.45) is 1.60. The van der Waals surface area contributed by atoms with Gasteiger partial charge in [-0.05, 0) is 19.6 Å². The van der Waals surface area contributed by atoms with Crippen LogP contribution < -0.4 is 0 Å². The molecule has 0 atom stereocenters. The molecule has 1 N–H and O–H groups in total. The van der Waals surface area contributed by atoms with Gasteiger partial charge >= 0.3 is 0 Å². The maximum absolute atomic E-state index is 8.95. The quantitative estimate of drug-likeness (QED) is 0.562. The van der Waals surface area contributed by atoms with Crippen molar-refractivity contribution in [2.75, 3.05) is 19.8 Å². The molecule has 0 radical (unpaired) electrons. The third-order valence-electron chi connectivity index (χ3n) is 2.05. The molecule has 0 saturated carbocycles. The van der Waals surface area contributed by atoms with Gasteiger partial charge in [0, 0.05) is 13.2 Å². The van der Waals surface area contributed by atoms with E-state index >= 15 is 0 Å². The highest BCUT2D eigenvalue weighted by atomic mass is 16.5. The van der Waals surface area contributed by atoms with Crippen molar-refractivity contribution in [1.29, 1.82) is 0 Å². The van der Waals surface area contributed by atoms with Crippen LogP contribution >= 0.6 is 0 Å². The zero-order valence-electron chi connectivity index (χ0n) is 6.05. The molecule has 0 amide bonds. The molecule has 0 unspecified atom stereocenters. The third kappa shape index (κ3) is 1.36. The standard InChI is InChI=1S/C7H13NO2/c1-8-7(6-9)2-4-10-5-3-7/h9H,1-6H2. The first kappa shape index (κ1) is 7.69. The number of hydrogen-bond acceptors (Lipinski definition) is 3. The van der Waals surface area contributed by atoms with Gasteiger partial charge in [0.25, 0.3) is 0 Å². The van der Waals surface area contributed by atoms with E-state index < -0.39 is 0 Å². The Morgan fingerprint density at radius 1 is 1.50 bits per heavy atom. The van der Waals surface area contributed by atoms with E-state index in [0.29, 0.717) is 13.2 Å². The molecule has 0 aromatic rings. The van der Waals surface area contributed by atoms with Gasteiger partial charge in [0.15, 0.2) is 0 Å². The van der Waals surface area contributed by atoms with Crippen molar-refractivity contribution in [3.05, 3.63) is 0 Å². The van der Waals surface area contributed by atoms with Crippen LogP contribution in [0.3, 0.4) is 0 Å². The van der Waals surface area contributed by atoms with Crippen LogP contribution in [0.1, 0.15) is 12.8 Å². The van der Waals surface area contributed by atoms with Gasteiger partial charge < -0.3 is 9.84 Å². The molecule has 1 fully saturated rings. The van der Waals surface area contributed by atoms with Crippen molar-refractivity contribution < 1.29 is 9.84 Å². The molecule has 3 nitrogen and oxygen atoms in total. The van der Waals surface area contributed by atoms with Crippen LogP contribution in [0.25, 0.3) is 0 Å². The molecule has 1 saturated heterocycles. The van der Waals surface area contributed by atoms with Crippen LogP contribution in [0.15, 0.2) is 4.99 Å². The summed E-state index contributed by atoms with van der Waals surface area (Å²) in [5.74, 6) is 0. The van der Waals surface area contributed by atoms with Gasteiger partial charge in [-0.25, -0.2) is 0 Å². The molecule has 1 aliphatic rings. The number of nitrogens with zero attached hydrogens (tertiary/aromatic N) is 1. The van der Waals surface area contributed by atoms with Crippen LogP contribution in [0.5, 0.6) is 0 Å². The van der Waals surface area contributed by atoms with Crippen molar-refractivity contribution >= 4 is 6.72 Å². The Balaban J connectivity index is 2.52. The Morgan fingerprint density at radius 2 is 2.10 bits per heavy atom. The molecule has 58 valence electrons. The average molecular weight is 143 g/mol. The summed E-state index contributed by atoms with van der Waals surface area (Å²) in [6, 6.07) is 0. The first-order valence-corrected chi connectivity index (χ1v) is 3.49. The number of aliphatic hydroxyl groups excluding tert-OH is 1. The van der Waals surface area contributed by atoms with Crippen molar-refractivity contribution in [2.45, 2.75) is 18.4 Å². The fourth-order valence-corrected chi connectivity index (χ4v) is 1.12. The average Bonchev–Trinajstić information content (AvgIpc) is 2.06. The van der Waals surface area contributed by atoms with E-state index in [-0.39, 0.29) is 12.1 Å².